The van der Waals surface area contributed by atoms with Crippen molar-refractivity contribution in [2.75, 3.05) is 11.4 Å². The second-order valence-electron chi connectivity index (χ2n) is 5.35. The minimum Gasteiger partial charge on any atom is -0.292 e. The lowest BCUT2D eigenvalue weighted by Gasteiger charge is -2.17. The Morgan fingerprint density at radius 2 is 1.86 bits per heavy atom. The van der Waals surface area contributed by atoms with Crippen molar-refractivity contribution in [3.05, 3.63) is 71.5 Å². The number of anilines is 1. The van der Waals surface area contributed by atoms with Crippen LogP contribution in [0.2, 0.25) is 0 Å². The second-order valence-corrected chi connectivity index (χ2v) is 5.35. The number of hydrogen-bond acceptors (Lipinski definition) is 2. The van der Waals surface area contributed by atoms with Crippen molar-refractivity contribution in [1.29, 1.82) is 0 Å². The number of rotatable bonds is 1. The second kappa shape index (κ2) is 4.91. The Balaban J connectivity index is 1.80. The molecule has 108 valence electrons. The Kier molecular flexibility index (Phi) is 2.89. The first-order valence-electron chi connectivity index (χ1n) is 7.19. The van der Waals surface area contributed by atoms with E-state index in [0.29, 0.717) is 12.4 Å². The predicted octanol–water partition coefficient (Wildman–Crippen LogP) is 3.58. The Morgan fingerprint density at radius 3 is 2.73 bits per heavy atom. The topological polar surface area (TPSA) is 33.2 Å². The maximum absolute atomic E-state index is 13.9. The highest BCUT2D eigenvalue weighted by Gasteiger charge is 2.28. The first kappa shape index (κ1) is 13.0. The highest BCUT2D eigenvalue weighted by atomic mass is 19.1. The van der Waals surface area contributed by atoms with Crippen LogP contribution in [0.15, 0.2) is 54.6 Å². The molecule has 1 aromatic heterocycles. The van der Waals surface area contributed by atoms with Gasteiger partial charge in [0.2, 0.25) is 0 Å². The number of nitrogens with zero attached hydrogens (tertiary/aromatic N) is 2. The third-order valence-electron chi connectivity index (χ3n) is 3.99. The van der Waals surface area contributed by atoms with Crippen LogP contribution in [0.4, 0.5) is 10.2 Å². The molecule has 0 spiro atoms. The molecule has 0 N–H and O–H groups in total. The molecule has 2 aromatic carbocycles. The fourth-order valence-electron chi connectivity index (χ4n) is 2.88. The monoisotopic (exact) mass is 292 g/mol. The van der Waals surface area contributed by atoms with E-state index in [0.717, 1.165) is 22.9 Å². The molecule has 0 fully saturated rings. The van der Waals surface area contributed by atoms with E-state index in [2.05, 4.69) is 11.1 Å². The number of carbonyl (C=O) groups excluding carboxylic acids is 1. The van der Waals surface area contributed by atoms with Gasteiger partial charge in [-0.25, -0.2) is 9.37 Å². The number of amides is 1. The Labute approximate surface area is 127 Å². The predicted molar refractivity (Wildman–Crippen MR) is 83.5 cm³/mol. The summed E-state index contributed by atoms with van der Waals surface area (Å²) < 4.78 is 13.9. The zero-order valence-electron chi connectivity index (χ0n) is 11.8. The number of para-hydroxylation sites is 1. The molecule has 4 rings (SSSR count). The number of fused-ring (bicyclic) bond motifs is 2. The first-order valence-corrected chi connectivity index (χ1v) is 7.19. The summed E-state index contributed by atoms with van der Waals surface area (Å²) >= 11 is 0. The van der Waals surface area contributed by atoms with Crippen molar-refractivity contribution in [2.24, 2.45) is 0 Å². The van der Waals surface area contributed by atoms with E-state index in [1.54, 1.807) is 17.0 Å². The molecule has 0 bridgehead atoms. The molecule has 1 aliphatic heterocycles. The van der Waals surface area contributed by atoms with Gasteiger partial charge in [-0.1, -0.05) is 30.3 Å². The van der Waals surface area contributed by atoms with E-state index in [4.69, 9.17) is 0 Å². The summed E-state index contributed by atoms with van der Waals surface area (Å²) in [5.74, 6) is -0.187. The number of carbonyl (C=O) groups is 1. The zero-order valence-corrected chi connectivity index (χ0v) is 11.8. The van der Waals surface area contributed by atoms with Crippen molar-refractivity contribution in [3.63, 3.8) is 0 Å². The molecule has 3 aromatic rings. The van der Waals surface area contributed by atoms with Crippen molar-refractivity contribution < 1.29 is 9.18 Å². The van der Waals surface area contributed by atoms with Crippen LogP contribution in [0.25, 0.3) is 10.9 Å². The molecular weight excluding hydrogens is 279 g/mol. The van der Waals surface area contributed by atoms with E-state index in [1.165, 1.54) is 12.1 Å². The Bertz CT molecular complexity index is 891. The molecule has 3 nitrogen and oxygen atoms in total. The Hall–Kier alpha value is -2.75. The maximum Gasteiger partial charge on any atom is 0.262 e. The smallest absolute Gasteiger partial charge is 0.262 e. The van der Waals surface area contributed by atoms with E-state index >= 15 is 0 Å². The molecule has 0 unspecified atom stereocenters. The standard InChI is InChI=1S/C18H13FN2O/c19-15-7-3-2-6-14(15)18(22)21-10-9-13-11-12-5-1-4-8-16(12)20-17(13)21/h1-8,11H,9-10H2. The van der Waals surface area contributed by atoms with Gasteiger partial charge < -0.3 is 0 Å². The van der Waals surface area contributed by atoms with Gasteiger partial charge in [-0.2, -0.15) is 0 Å². The molecule has 1 amide bonds. The van der Waals surface area contributed by atoms with Crippen LogP contribution in [0.5, 0.6) is 0 Å². The Morgan fingerprint density at radius 1 is 1.09 bits per heavy atom. The molecule has 0 atom stereocenters. The normalized spacial score (nSPS) is 13.4. The van der Waals surface area contributed by atoms with Crippen LogP contribution < -0.4 is 4.90 Å². The molecule has 2 heterocycles. The SMILES string of the molecule is O=C(c1ccccc1F)N1CCc2cc3ccccc3nc21. The number of benzene rings is 2. The lowest BCUT2D eigenvalue weighted by Crippen LogP contribution is -2.30. The summed E-state index contributed by atoms with van der Waals surface area (Å²) in [6.45, 7) is 0.534. The van der Waals surface area contributed by atoms with Gasteiger partial charge in [0, 0.05) is 11.9 Å². The van der Waals surface area contributed by atoms with Crippen molar-refractivity contribution in [3.8, 4) is 0 Å². The largest absolute Gasteiger partial charge is 0.292 e. The number of halogens is 1. The van der Waals surface area contributed by atoms with Crippen molar-refractivity contribution in [1.82, 2.24) is 4.98 Å². The van der Waals surface area contributed by atoms with Gasteiger partial charge in [-0.05, 0) is 36.2 Å². The van der Waals surface area contributed by atoms with Crippen LogP contribution in [0, 0.1) is 5.82 Å². The quantitative estimate of drug-likeness (QED) is 0.687. The molecule has 0 radical (unpaired) electrons. The molecule has 0 aliphatic carbocycles. The molecule has 0 saturated carbocycles. The van der Waals surface area contributed by atoms with E-state index in [9.17, 15) is 9.18 Å². The summed E-state index contributed by atoms with van der Waals surface area (Å²) in [5.41, 5.74) is 1.96. The van der Waals surface area contributed by atoms with Crippen LogP contribution in [-0.2, 0) is 6.42 Å². The van der Waals surface area contributed by atoms with Crippen LogP contribution in [0.1, 0.15) is 15.9 Å². The average Bonchev–Trinajstić information content (AvgIpc) is 2.95. The van der Waals surface area contributed by atoms with Crippen LogP contribution >= 0.6 is 0 Å². The maximum atomic E-state index is 13.9. The van der Waals surface area contributed by atoms with Gasteiger partial charge in [-0.3, -0.25) is 9.69 Å². The summed E-state index contributed by atoms with van der Waals surface area (Å²) in [7, 11) is 0. The van der Waals surface area contributed by atoms with Crippen molar-refractivity contribution in [2.45, 2.75) is 6.42 Å². The summed E-state index contributed by atoms with van der Waals surface area (Å²) in [4.78, 5) is 18.8. The van der Waals surface area contributed by atoms with E-state index < -0.39 is 5.82 Å². The van der Waals surface area contributed by atoms with Gasteiger partial charge in [0.15, 0.2) is 0 Å². The lowest BCUT2D eigenvalue weighted by molar-refractivity contribution is 0.0985. The minimum absolute atomic E-state index is 0.0882. The van der Waals surface area contributed by atoms with Gasteiger partial charge in [0.1, 0.15) is 11.6 Å². The molecule has 1 aliphatic rings. The van der Waals surface area contributed by atoms with Crippen LogP contribution in [0.3, 0.4) is 0 Å². The van der Waals surface area contributed by atoms with Gasteiger partial charge in [0.25, 0.3) is 5.91 Å². The number of pyridine rings is 1. The minimum atomic E-state index is -0.498. The van der Waals surface area contributed by atoms with E-state index in [-0.39, 0.29) is 11.5 Å². The highest BCUT2D eigenvalue weighted by Crippen LogP contribution is 2.30. The van der Waals surface area contributed by atoms with Crippen LogP contribution in [-0.4, -0.2) is 17.4 Å². The van der Waals surface area contributed by atoms with Gasteiger partial charge in [-0.15, -0.1) is 0 Å². The summed E-state index contributed by atoms with van der Waals surface area (Å²) in [6, 6.07) is 15.9. The summed E-state index contributed by atoms with van der Waals surface area (Å²) in [6.07, 6.45) is 0.743. The van der Waals surface area contributed by atoms with Crippen molar-refractivity contribution >= 4 is 22.6 Å². The molecule has 4 heteroatoms. The molecule has 0 saturated heterocycles. The third-order valence-corrected chi connectivity index (χ3v) is 3.99. The van der Waals surface area contributed by atoms with Gasteiger partial charge >= 0.3 is 0 Å². The van der Waals surface area contributed by atoms with E-state index in [1.807, 2.05) is 24.3 Å². The third kappa shape index (κ3) is 1.96. The number of hydrogen-bond donors (Lipinski definition) is 0. The zero-order chi connectivity index (χ0) is 15.1. The number of aromatic nitrogens is 1. The fourth-order valence-corrected chi connectivity index (χ4v) is 2.88. The molecule has 22 heavy (non-hydrogen) atoms. The fraction of sp³-hybridized carbons (Fsp3) is 0.111. The lowest BCUT2D eigenvalue weighted by atomic mass is 10.1. The highest BCUT2D eigenvalue weighted by molar-refractivity contribution is 6.07. The molecular formula is C18H13FN2O. The first-order chi connectivity index (χ1) is 10.7. The average molecular weight is 292 g/mol. The van der Waals surface area contributed by atoms with Gasteiger partial charge in [0.05, 0.1) is 11.1 Å². The summed E-state index contributed by atoms with van der Waals surface area (Å²) in [5, 5.41) is 1.06.